The Hall–Kier alpha value is -2.59. The first-order valence-electron chi connectivity index (χ1n) is 12.7. The van der Waals surface area contributed by atoms with Crippen LogP contribution in [0.15, 0.2) is 18.3 Å². The van der Waals surface area contributed by atoms with Gasteiger partial charge in [-0.05, 0) is 69.6 Å². The van der Waals surface area contributed by atoms with Crippen LogP contribution in [0.25, 0.3) is 0 Å². The minimum atomic E-state index is -4.91. The molecule has 0 aliphatic heterocycles. The van der Waals surface area contributed by atoms with Crippen LogP contribution in [0.2, 0.25) is 10.0 Å². The van der Waals surface area contributed by atoms with E-state index in [0.717, 1.165) is 21.3 Å². The van der Waals surface area contributed by atoms with Gasteiger partial charge in [0.25, 0.3) is 5.91 Å². The molecule has 1 heterocycles. The van der Waals surface area contributed by atoms with E-state index >= 15 is 0 Å². The van der Waals surface area contributed by atoms with Gasteiger partial charge in [-0.3, -0.25) is 19.1 Å². The second-order valence-electron chi connectivity index (χ2n) is 10.9. The van der Waals surface area contributed by atoms with Crippen molar-refractivity contribution in [2.24, 2.45) is 11.3 Å². The van der Waals surface area contributed by atoms with E-state index in [2.05, 4.69) is 5.10 Å². The summed E-state index contributed by atoms with van der Waals surface area (Å²) in [5.41, 5.74) is -2.16. The number of aryl methyl sites for hydroxylation is 1. The molecule has 1 N–H and O–H groups in total. The zero-order valence-electron chi connectivity index (χ0n) is 22.2. The van der Waals surface area contributed by atoms with E-state index in [0.29, 0.717) is 6.42 Å². The van der Waals surface area contributed by atoms with Gasteiger partial charge in [0, 0.05) is 6.54 Å². The van der Waals surface area contributed by atoms with Crippen molar-refractivity contribution in [3.8, 4) is 0 Å². The smallest absolute Gasteiger partial charge is 0.433 e. The maximum atomic E-state index is 14.4. The fourth-order valence-electron chi connectivity index (χ4n) is 4.83. The van der Waals surface area contributed by atoms with Gasteiger partial charge in [-0.25, -0.2) is 0 Å². The molecule has 1 aromatic heterocycles. The molecule has 7 nitrogen and oxygen atoms in total. The van der Waals surface area contributed by atoms with Gasteiger partial charge in [-0.2, -0.15) is 18.3 Å². The van der Waals surface area contributed by atoms with Crippen molar-refractivity contribution in [2.75, 3.05) is 13.1 Å². The first-order chi connectivity index (χ1) is 18.0. The van der Waals surface area contributed by atoms with E-state index in [1.807, 2.05) is 13.8 Å². The number of ketones is 1. The average Bonchev–Trinajstić information content (AvgIpc) is 3.27. The van der Waals surface area contributed by atoms with Crippen molar-refractivity contribution in [3.63, 3.8) is 0 Å². The average molecular weight is 590 g/mol. The van der Waals surface area contributed by atoms with Crippen LogP contribution in [-0.4, -0.2) is 50.5 Å². The Morgan fingerprint density at radius 2 is 1.74 bits per heavy atom. The highest BCUT2D eigenvalue weighted by Crippen LogP contribution is 2.43. The maximum Gasteiger partial charge on any atom is 0.433 e. The first kappa shape index (κ1) is 30.9. The van der Waals surface area contributed by atoms with Crippen molar-refractivity contribution >= 4 is 40.9 Å². The topological polar surface area (TPSA) is 92.5 Å². The molecule has 12 heteroatoms. The molecule has 1 amide bonds. The lowest BCUT2D eigenvalue weighted by atomic mass is 9.74. The maximum absolute atomic E-state index is 14.4. The third-order valence-corrected chi connectivity index (χ3v) is 7.87. The van der Waals surface area contributed by atoms with Crippen molar-refractivity contribution < 1.29 is 32.7 Å². The monoisotopic (exact) mass is 589 g/mol. The van der Waals surface area contributed by atoms with Gasteiger partial charge in [-0.1, -0.05) is 37.0 Å². The minimum Gasteiger partial charge on any atom is -0.481 e. The van der Waals surface area contributed by atoms with Gasteiger partial charge in [-0.15, -0.1) is 0 Å². The molecule has 1 aliphatic carbocycles. The molecule has 1 aliphatic rings. The van der Waals surface area contributed by atoms with Crippen molar-refractivity contribution in [3.05, 3.63) is 50.8 Å². The highest BCUT2D eigenvalue weighted by molar-refractivity contribution is 6.40. The summed E-state index contributed by atoms with van der Waals surface area (Å²) in [5, 5.41) is 13.6. The Morgan fingerprint density at radius 3 is 2.23 bits per heavy atom. The molecular weight excluding hydrogens is 558 g/mol. The summed E-state index contributed by atoms with van der Waals surface area (Å²) in [6.07, 6.45) is -2.88. The zero-order chi connectivity index (χ0) is 29.3. The number of halogens is 5. The number of Topliss-reactive ketones (excluding diaryl/α,β-unsaturated/α-hetero) is 1. The Balaban J connectivity index is 1.96. The van der Waals surface area contributed by atoms with Gasteiger partial charge >= 0.3 is 12.1 Å². The van der Waals surface area contributed by atoms with Gasteiger partial charge in [0.1, 0.15) is 0 Å². The number of aliphatic carboxylic acids is 1. The van der Waals surface area contributed by atoms with Crippen LogP contribution < -0.4 is 0 Å². The van der Waals surface area contributed by atoms with Crippen molar-refractivity contribution in [1.29, 1.82) is 0 Å². The number of aromatic nitrogens is 2. The fraction of sp³-hybridized carbons (Fsp3) is 0.556. The molecule has 2 aromatic rings. The fourth-order valence-corrected chi connectivity index (χ4v) is 5.64. The van der Waals surface area contributed by atoms with Crippen LogP contribution in [-0.2, 0) is 11.0 Å². The molecule has 214 valence electrons. The predicted molar refractivity (Wildman–Crippen MR) is 141 cm³/mol. The number of carboxylic acids is 1. The van der Waals surface area contributed by atoms with E-state index in [1.54, 1.807) is 26.0 Å². The predicted octanol–water partition coefficient (Wildman–Crippen LogP) is 7.09. The number of rotatable bonds is 9. The number of carbonyl (C=O) groups excluding carboxylic acids is 2. The van der Waals surface area contributed by atoms with E-state index < -0.39 is 53.1 Å². The molecule has 1 saturated carbocycles. The lowest BCUT2D eigenvalue weighted by molar-refractivity contribution is -0.152. The van der Waals surface area contributed by atoms with Gasteiger partial charge in [0.15, 0.2) is 11.5 Å². The van der Waals surface area contributed by atoms with Gasteiger partial charge in [0.05, 0.1) is 45.4 Å². The van der Waals surface area contributed by atoms with E-state index in [1.165, 1.54) is 0 Å². The molecule has 1 fully saturated rings. The highest BCUT2D eigenvalue weighted by atomic mass is 35.5. The van der Waals surface area contributed by atoms with Gasteiger partial charge in [0.2, 0.25) is 0 Å². The minimum absolute atomic E-state index is 0.00158. The molecule has 1 aromatic carbocycles. The quantitative estimate of drug-likeness (QED) is 0.315. The highest BCUT2D eigenvalue weighted by Gasteiger charge is 2.45. The summed E-state index contributed by atoms with van der Waals surface area (Å²) in [7, 11) is 0. The molecule has 0 saturated heterocycles. The van der Waals surface area contributed by atoms with E-state index in [-0.39, 0.29) is 53.8 Å². The number of carbonyl (C=O) groups is 3. The number of benzene rings is 1. The van der Waals surface area contributed by atoms with Crippen molar-refractivity contribution in [1.82, 2.24) is 14.7 Å². The molecule has 0 radical (unpaired) electrons. The molecule has 0 unspecified atom stereocenters. The summed E-state index contributed by atoms with van der Waals surface area (Å²) in [6.45, 7) is 6.62. The second-order valence-corrected chi connectivity index (χ2v) is 11.7. The zero-order valence-corrected chi connectivity index (χ0v) is 23.8. The standard InChI is InChI=1S/C27H32Cl2F3N3O4/c1-15(2)7-10-34(14-21(36)22-19(28)11-16(3)12-20(22)29)24(37)18-13-33-35(23(18)27(30,31)32)17-5-8-26(4,9-6-17)25(38)39/h11-13,15,17H,5-10,14H2,1-4H3,(H,38,39)/t17-,26-. The number of alkyl halides is 3. The number of carboxylic acid groups (broad SMARTS) is 1. The lowest BCUT2D eigenvalue weighted by Crippen LogP contribution is -2.38. The largest absolute Gasteiger partial charge is 0.481 e. The summed E-state index contributed by atoms with van der Waals surface area (Å²) in [4.78, 5) is 39.4. The summed E-state index contributed by atoms with van der Waals surface area (Å²) >= 11 is 12.5. The number of nitrogens with zero attached hydrogens (tertiary/aromatic N) is 3. The van der Waals surface area contributed by atoms with E-state index in [9.17, 15) is 32.7 Å². The van der Waals surface area contributed by atoms with Crippen LogP contribution in [0.4, 0.5) is 13.2 Å². The Morgan fingerprint density at radius 1 is 1.18 bits per heavy atom. The third kappa shape index (κ3) is 6.95. The van der Waals surface area contributed by atoms with Crippen LogP contribution in [0.3, 0.4) is 0 Å². The SMILES string of the molecule is Cc1cc(Cl)c(C(=O)CN(CCC(C)C)C(=O)c2cnn([C@H]3CC[C@](C)(C(=O)O)CC3)c2C(F)(F)F)c(Cl)c1. The molecule has 3 rings (SSSR count). The number of hydrogen-bond acceptors (Lipinski definition) is 4. The Labute approximate surface area is 235 Å². The van der Waals surface area contributed by atoms with Crippen LogP contribution in [0.1, 0.15) is 90.9 Å². The summed E-state index contributed by atoms with van der Waals surface area (Å²) in [6, 6.07) is 2.38. The van der Waals surface area contributed by atoms with Gasteiger partial charge < -0.3 is 10.0 Å². The molecule has 0 atom stereocenters. The van der Waals surface area contributed by atoms with E-state index in [4.69, 9.17) is 23.2 Å². The molecule has 39 heavy (non-hydrogen) atoms. The molecule has 0 bridgehead atoms. The summed E-state index contributed by atoms with van der Waals surface area (Å²) in [5.74, 6) is -2.46. The molecule has 0 spiro atoms. The number of hydrogen-bond donors (Lipinski definition) is 1. The van der Waals surface area contributed by atoms with Crippen LogP contribution in [0.5, 0.6) is 0 Å². The van der Waals surface area contributed by atoms with Crippen molar-refractivity contribution in [2.45, 2.75) is 72.0 Å². The first-order valence-corrected chi connectivity index (χ1v) is 13.5. The third-order valence-electron chi connectivity index (χ3n) is 7.28. The number of amides is 1. The lowest BCUT2D eigenvalue weighted by Gasteiger charge is -2.34. The summed E-state index contributed by atoms with van der Waals surface area (Å²) < 4.78 is 43.9. The Bertz CT molecular complexity index is 1230. The molecular formula is C27H32Cl2F3N3O4. The second kappa shape index (κ2) is 11.9. The van der Waals surface area contributed by atoms with Crippen LogP contribution in [0, 0.1) is 18.3 Å². The Kier molecular flexibility index (Phi) is 9.43. The van der Waals surface area contributed by atoms with Crippen LogP contribution >= 0.6 is 23.2 Å². The normalized spacial score (nSPS) is 19.8.